The average molecular weight is 397 g/mol. The first-order valence-electron chi connectivity index (χ1n) is 9.70. The van der Waals surface area contributed by atoms with Gasteiger partial charge in [0, 0.05) is 17.5 Å². The summed E-state index contributed by atoms with van der Waals surface area (Å²) < 4.78 is 13.2. The van der Waals surface area contributed by atoms with Crippen molar-refractivity contribution >= 4 is 22.0 Å². The van der Waals surface area contributed by atoms with Crippen molar-refractivity contribution in [3.63, 3.8) is 0 Å². The Morgan fingerprint density at radius 1 is 0.967 bits per heavy atom. The van der Waals surface area contributed by atoms with Crippen molar-refractivity contribution in [1.82, 2.24) is 15.0 Å². The molecule has 2 heterocycles. The van der Waals surface area contributed by atoms with Gasteiger partial charge in [0.15, 0.2) is 0 Å². The summed E-state index contributed by atoms with van der Waals surface area (Å²) in [7, 11) is 0. The standard InChI is InChI=1S/C24H19N3O3/c1-16-12-24(28)30-23-13-19(10-11-20(16)23)29-15-18-7-3-2-6-17(18)14-27-22-9-5-4-8-21(22)25-26-27/h2-13H,14-15H2,1H3. The molecule has 0 spiro atoms. The van der Waals surface area contributed by atoms with Crippen molar-refractivity contribution in [2.75, 3.05) is 0 Å². The molecule has 30 heavy (non-hydrogen) atoms. The maximum absolute atomic E-state index is 11.7. The van der Waals surface area contributed by atoms with E-state index in [1.165, 1.54) is 6.07 Å². The highest BCUT2D eigenvalue weighted by Crippen LogP contribution is 2.24. The number of benzene rings is 3. The Morgan fingerprint density at radius 3 is 2.67 bits per heavy atom. The molecule has 0 amide bonds. The highest BCUT2D eigenvalue weighted by molar-refractivity contribution is 5.81. The fourth-order valence-electron chi connectivity index (χ4n) is 3.60. The molecule has 0 aliphatic rings. The molecule has 5 rings (SSSR count). The quantitative estimate of drug-likeness (QED) is 0.409. The van der Waals surface area contributed by atoms with E-state index in [0.717, 1.165) is 33.1 Å². The van der Waals surface area contributed by atoms with E-state index in [4.69, 9.17) is 9.15 Å². The lowest BCUT2D eigenvalue weighted by Crippen LogP contribution is -2.07. The van der Waals surface area contributed by atoms with Crippen LogP contribution in [0.1, 0.15) is 16.7 Å². The highest BCUT2D eigenvalue weighted by atomic mass is 16.5. The van der Waals surface area contributed by atoms with Crippen LogP contribution in [0.4, 0.5) is 0 Å². The SMILES string of the molecule is Cc1cc(=O)oc2cc(OCc3ccccc3Cn3nnc4ccccc43)ccc12. The van der Waals surface area contributed by atoms with Crippen LogP contribution in [0.5, 0.6) is 5.75 Å². The van der Waals surface area contributed by atoms with E-state index in [1.54, 1.807) is 6.07 Å². The van der Waals surface area contributed by atoms with Crippen LogP contribution in [-0.2, 0) is 13.2 Å². The summed E-state index contributed by atoms with van der Waals surface area (Å²) in [6.45, 7) is 2.89. The molecule has 0 fully saturated rings. The van der Waals surface area contributed by atoms with Crippen LogP contribution < -0.4 is 10.4 Å². The summed E-state index contributed by atoms with van der Waals surface area (Å²) in [6.07, 6.45) is 0. The number of nitrogens with zero attached hydrogens (tertiary/aromatic N) is 3. The molecule has 148 valence electrons. The molecule has 0 unspecified atom stereocenters. The van der Waals surface area contributed by atoms with E-state index < -0.39 is 0 Å². The number of ether oxygens (including phenoxy) is 1. The van der Waals surface area contributed by atoms with Gasteiger partial charge in [0.2, 0.25) is 0 Å². The van der Waals surface area contributed by atoms with Crippen LogP contribution in [0.2, 0.25) is 0 Å². The van der Waals surface area contributed by atoms with Crippen molar-refractivity contribution < 1.29 is 9.15 Å². The van der Waals surface area contributed by atoms with Gasteiger partial charge in [0.1, 0.15) is 23.5 Å². The predicted molar refractivity (Wildman–Crippen MR) is 115 cm³/mol. The minimum Gasteiger partial charge on any atom is -0.489 e. The van der Waals surface area contributed by atoms with Gasteiger partial charge in [-0.25, -0.2) is 9.48 Å². The number of hydrogen-bond donors (Lipinski definition) is 0. The van der Waals surface area contributed by atoms with Crippen molar-refractivity contribution in [2.24, 2.45) is 0 Å². The normalized spacial score (nSPS) is 11.2. The lowest BCUT2D eigenvalue weighted by molar-refractivity contribution is 0.304. The van der Waals surface area contributed by atoms with Gasteiger partial charge >= 0.3 is 5.63 Å². The topological polar surface area (TPSA) is 70.2 Å². The first-order chi connectivity index (χ1) is 14.7. The van der Waals surface area contributed by atoms with Gasteiger partial charge in [-0.15, -0.1) is 5.10 Å². The maximum atomic E-state index is 11.7. The molecule has 0 aliphatic heterocycles. The largest absolute Gasteiger partial charge is 0.489 e. The van der Waals surface area contributed by atoms with Gasteiger partial charge < -0.3 is 9.15 Å². The van der Waals surface area contributed by atoms with Crippen LogP contribution in [0, 0.1) is 6.92 Å². The van der Waals surface area contributed by atoms with Gasteiger partial charge in [-0.1, -0.05) is 41.6 Å². The molecule has 0 radical (unpaired) electrons. The molecule has 3 aromatic carbocycles. The Balaban J connectivity index is 1.40. The lowest BCUT2D eigenvalue weighted by atomic mass is 10.1. The van der Waals surface area contributed by atoms with Crippen molar-refractivity contribution in [3.05, 3.63) is 99.9 Å². The third-order valence-electron chi connectivity index (χ3n) is 5.18. The maximum Gasteiger partial charge on any atom is 0.336 e. The smallest absolute Gasteiger partial charge is 0.336 e. The number of rotatable bonds is 5. The van der Waals surface area contributed by atoms with Crippen molar-refractivity contribution in [3.8, 4) is 5.75 Å². The van der Waals surface area contributed by atoms with E-state index in [1.807, 2.05) is 66.2 Å². The zero-order chi connectivity index (χ0) is 20.5. The van der Waals surface area contributed by atoms with Crippen LogP contribution in [0.15, 0.2) is 82.0 Å². The predicted octanol–water partition coefficient (Wildman–Crippen LogP) is 4.47. The fraction of sp³-hybridized carbons (Fsp3) is 0.125. The van der Waals surface area contributed by atoms with Crippen LogP contribution in [-0.4, -0.2) is 15.0 Å². The molecule has 6 heteroatoms. The lowest BCUT2D eigenvalue weighted by Gasteiger charge is -2.12. The Labute approximate surface area is 172 Å². The Kier molecular flexibility index (Phi) is 4.52. The molecule has 0 N–H and O–H groups in total. The third kappa shape index (κ3) is 3.43. The average Bonchev–Trinajstić information content (AvgIpc) is 3.16. The molecule has 2 aromatic heterocycles. The summed E-state index contributed by atoms with van der Waals surface area (Å²) in [6, 6.07) is 23.1. The highest BCUT2D eigenvalue weighted by Gasteiger charge is 2.09. The fourth-order valence-corrected chi connectivity index (χ4v) is 3.60. The molecule has 0 atom stereocenters. The van der Waals surface area contributed by atoms with Gasteiger partial charge in [-0.3, -0.25) is 0 Å². The van der Waals surface area contributed by atoms with Crippen molar-refractivity contribution in [2.45, 2.75) is 20.1 Å². The second-order valence-corrected chi connectivity index (χ2v) is 7.20. The van der Waals surface area contributed by atoms with E-state index in [-0.39, 0.29) is 5.63 Å². The van der Waals surface area contributed by atoms with Crippen LogP contribution in [0.25, 0.3) is 22.0 Å². The molecule has 0 bridgehead atoms. The molecule has 5 aromatic rings. The molecular weight excluding hydrogens is 378 g/mol. The molecule has 0 saturated heterocycles. The molecule has 0 saturated carbocycles. The molecule has 6 nitrogen and oxygen atoms in total. The Hall–Kier alpha value is -3.93. The molecule has 0 aliphatic carbocycles. The molecular formula is C24H19N3O3. The van der Waals surface area contributed by atoms with E-state index >= 15 is 0 Å². The van der Waals surface area contributed by atoms with Gasteiger partial charge in [0.25, 0.3) is 0 Å². The summed E-state index contributed by atoms with van der Waals surface area (Å²) in [4.78, 5) is 11.7. The second-order valence-electron chi connectivity index (χ2n) is 7.20. The summed E-state index contributed by atoms with van der Waals surface area (Å²) >= 11 is 0. The Bertz CT molecular complexity index is 1420. The minimum absolute atomic E-state index is 0.359. The second kappa shape index (κ2) is 7.48. The summed E-state index contributed by atoms with van der Waals surface area (Å²) in [5.41, 5.74) is 5.09. The first-order valence-corrected chi connectivity index (χ1v) is 9.70. The number of fused-ring (bicyclic) bond motifs is 2. The van der Waals surface area contributed by atoms with Crippen molar-refractivity contribution in [1.29, 1.82) is 0 Å². The summed E-state index contributed by atoms with van der Waals surface area (Å²) in [5, 5.41) is 9.41. The van der Waals surface area contributed by atoms with E-state index in [0.29, 0.717) is 24.5 Å². The van der Waals surface area contributed by atoms with Gasteiger partial charge in [0.05, 0.1) is 12.1 Å². The van der Waals surface area contributed by atoms with E-state index in [2.05, 4.69) is 16.4 Å². The zero-order valence-electron chi connectivity index (χ0n) is 16.4. The van der Waals surface area contributed by atoms with Gasteiger partial charge in [-0.2, -0.15) is 0 Å². The van der Waals surface area contributed by atoms with Crippen LogP contribution >= 0.6 is 0 Å². The monoisotopic (exact) mass is 397 g/mol. The number of aromatic nitrogens is 3. The number of hydrogen-bond acceptors (Lipinski definition) is 5. The first kappa shape index (κ1) is 18.1. The summed E-state index contributed by atoms with van der Waals surface area (Å²) in [5.74, 6) is 0.650. The van der Waals surface area contributed by atoms with E-state index in [9.17, 15) is 4.79 Å². The number of para-hydroxylation sites is 1. The Morgan fingerprint density at radius 2 is 1.77 bits per heavy atom. The van der Waals surface area contributed by atoms with Crippen LogP contribution in [0.3, 0.4) is 0 Å². The zero-order valence-corrected chi connectivity index (χ0v) is 16.4. The number of aryl methyl sites for hydroxylation is 1. The van der Waals surface area contributed by atoms with Gasteiger partial charge in [-0.05, 0) is 47.9 Å². The third-order valence-corrected chi connectivity index (χ3v) is 5.18. The minimum atomic E-state index is -0.359.